The Morgan fingerprint density at radius 2 is 1.77 bits per heavy atom. The van der Waals surface area contributed by atoms with Crippen molar-refractivity contribution in [1.82, 2.24) is 14.3 Å². The van der Waals surface area contributed by atoms with Crippen molar-refractivity contribution < 1.29 is 13.2 Å². The number of carbonyl (C=O) groups excluding carboxylic acids is 1. The fourth-order valence-corrected chi connectivity index (χ4v) is 6.16. The quantitative estimate of drug-likeness (QED) is 0.343. The lowest BCUT2D eigenvalue weighted by molar-refractivity contribution is -0.131. The molecule has 2 aromatic carbocycles. The third-order valence-corrected chi connectivity index (χ3v) is 8.63. The van der Waals surface area contributed by atoms with Crippen molar-refractivity contribution in [3.05, 3.63) is 77.2 Å². The molecule has 1 aliphatic heterocycles. The number of rotatable bonds is 5. The molecule has 1 amide bonds. The average molecular weight is 532 g/mol. The zero-order chi connectivity index (χ0) is 23.9. The molecule has 0 spiro atoms. The van der Waals surface area contributed by atoms with Gasteiger partial charge in [-0.2, -0.15) is 0 Å². The van der Waals surface area contributed by atoms with E-state index >= 15 is 0 Å². The predicted octanol–water partition coefficient (Wildman–Crippen LogP) is 5.44. The second-order valence-electron chi connectivity index (χ2n) is 8.99. The molecule has 0 bridgehead atoms. The number of likely N-dealkylation sites (tertiary alicyclic amines) is 1. The molecular formula is C26H27Cl2N3O3S. The molecule has 184 valence electrons. The number of amides is 1. The van der Waals surface area contributed by atoms with Gasteiger partial charge in [0.2, 0.25) is 5.91 Å². The lowest BCUT2D eigenvalue weighted by Gasteiger charge is -2.32. The number of sulfone groups is 1. The minimum Gasteiger partial charge on any atom is -0.343 e. The van der Waals surface area contributed by atoms with Crippen molar-refractivity contribution in [3.8, 4) is 0 Å². The molecule has 4 aromatic rings. The molecule has 3 heterocycles. The van der Waals surface area contributed by atoms with Crippen LogP contribution in [0.3, 0.4) is 0 Å². The molecule has 0 aliphatic carbocycles. The van der Waals surface area contributed by atoms with Crippen molar-refractivity contribution in [2.75, 3.05) is 18.8 Å². The van der Waals surface area contributed by atoms with E-state index in [9.17, 15) is 13.2 Å². The smallest absolute Gasteiger partial charge is 0.223 e. The molecule has 0 unspecified atom stereocenters. The van der Waals surface area contributed by atoms with E-state index in [1.807, 2.05) is 6.20 Å². The Morgan fingerprint density at radius 1 is 1.06 bits per heavy atom. The van der Waals surface area contributed by atoms with Crippen molar-refractivity contribution in [2.45, 2.75) is 37.0 Å². The Bertz CT molecular complexity index is 1490. The number of hydrogen-bond acceptors (Lipinski definition) is 4. The van der Waals surface area contributed by atoms with Gasteiger partial charge in [0.1, 0.15) is 5.65 Å². The first-order valence-corrected chi connectivity index (χ1v) is 13.5. The van der Waals surface area contributed by atoms with E-state index in [1.54, 1.807) is 41.3 Å². The summed E-state index contributed by atoms with van der Waals surface area (Å²) in [6, 6.07) is 14.5. The third kappa shape index (κ3) is 5.32. The van der Waals surface area contributed by atoms with Gasteiger partial charge < -0.3 is 9.30 Å². The van der Waals surface area contributed by atoms with E-state index < -0.39 is 9.84 Å². The molecule has 35 heavy (non-hydrogen) atoms. The van der Waals surface area contributed by atoms with Crippen LogP contribution in [0.2, 0.25) is 5.02 Å². The number of aromatic nitrogens is 2. The lowest BCUT2D eigenvalue weighted by atomic mass is 9.93. The number of benzene rings is 2. The molecule has 9 heteroatoms. The number of nitrogens with zero attached hydrogens (tertiary/aromatic N) is 3. The molecule has 1 saturated heterocycles. The van der Waals surface area contributed by atoms with Gasteiger partial charge in [0.15, 0.2) is 9.84 Å². The van der Waals surface area contributed by atoms with E-state index in [-0.39, 0.29) is 35.4 Å². The summed E-state index contributed by atoms with van der Waals surface area (Å²) < 4.78 is 27.9. The zero-order valence-corrected chi connectivity index (χ0v) is 21.7. The van der Waals surface area contributed by atoms with Crippen molar-refractivity contribution in [1.29, 1.82) is 0 Å². The maximum absolute atomic E-state index is 12.9. The Balaban J connectivity index is 0.00000289. The van der Waals surface area contributed by atoms with Gasteiger partial charge >= 0.3 is 0 Å². The average Bonchev–Trinajstić information content (AvgIpc) is 3.25. The highest BCUT2D eigenvalue weighted by atomic mass is 35.5. The summed E-state index contributed by atoms with van der Waals surface area (Å²) >= 11 is 6.01. The first kappa shape index (κ1) is 25.5. The number of halogens is 2. The number of pyridine rings is 1. The van der Waals surface area contributed by atoms with Crippen LogP contribution in [-0.2, 0) is 14.6 Å². The minimum atomic E-state index is -3.56. The van der Waals surface area contributed by atoms with Gasteiger partial charge in [-0.3, -0.25) is 4.79 Å². The van der Waals surface area contributed by atoms with Gasteiger partial charge in [-0.15, -0.1) is 12.4 Å². The van der Waals surface area contributed by atoms with Crippen LogP contribution in [0.5, 0.6) is 0 Å². The monoisotopic (exact) mass is 531 g/mol. The summed E-state index contributed by atoms with van der Waals surface area (Å²) in [6.07, 6.45) is 5.65. The molecule has 0 radical (unpaired) electrons. The normalized spacial score (nSPS) is 14.9. The van der Waals surface area contributed by atoms with Crippen molar-refractivity contribution in [3.63, 3.8) is 0 Å². The highest BCUT2D eigenvalue weighted by Crippen LogP contribution is 2.29. The maximum Gasteiger partial charge on any atom is 0.223 e. The van der Waals surface area contributed by atoms with Crippen LogP contribution in [0.4, 0.5) is 0 Å². The van der Waals surface area contributed by atoms with Crippen LogP contribution in [0, 0.1) is 6.92 Å². The Morgan fingerprint density at radius 3 is 2.54 bits per heavy atom. The Hall–Kier alpha value is -2.61. The van der Waals surface area contributed by atoms with Crippen LogP contribution in [0.25, 0.3) is 16.4 Å². The molecule has 2 aromatic heterocycles. The predicted molar refractivity (Wildman–Crippen MR) is 141 cm³/mol. The number of aryl methyl sites for hydroxylation is 1. The molecule has 0 atom stereocenters. The van der Waals surface area contributed by atoms with E-state index in [2.05, 4.69) is 34.6 Å². The summed E-state index contributed by atoms with van der Waals surface area (Å²) in [4.78, 5) is 19.4. The summed E-state index contributed by atoms with van der Waals surface area (Å²) in [5.41, 5.74) is 3.28. The molecule has 6 nitrogen and oxygen atoms in total. The number of fused-ring (bicyclic) bond motifs is 2. The number of hydrogen-bond donors (Lipinski definition) is 0. The van der Waals surface area contributed by atoms with Crippen LogP contribution in [0.1, 0.15) is 36.4 Å². The second kappa shape index (κ2) is 10.2. The van der Waals surface area contributed by atoms with E-state index in [4.69, 9.17) is 11.6 Å². The first-order valence-electron chi connectivity index (χ1n) is 11.4. The van der Waals surface area contributed by atoms with Gasteiger partial charge in [-0.05, 0) is 72.5 Å². The number of imidazole rings is 1. The Kier molecular flexibility index (Phi) is 7.40. The highest BCUT2D eigenvalue weighted by Gasteiger charge is 2.27. The van der Waals surface area contributed by atoms with Crippen LogP contribution in [0.15, 0.2) is 65.8 Å². The van der Waals surface area contributed by atoms with Gasteiger partial charge in [-0.25, -0.2) is 13.4 Å². The molecule has 0 saturated carbocycles. The molecule has 1 fully saturated rings. The second-order valence-corrected chi connectivity index (χ2v) is 11.5. The van der Waals surface area contributed by atoms with Crippen LogP contribution < -0.4 is 0 Å². The van der Waals surface area contributed by atoms with Gasteiger partial charge in [0, 0.05) is 48.5 Å². The maximum atomic E-state index is 12.9. The fourth-order valence-electron chi connectivity index (χ4n) is 4.71. The van der Waals surface area contributed by atoms with Crippen molar-refractivity contribution >= 4 is 56.2 Å². The summed E-state index contributed by atoms with van der Waals surface area (Å²) in [5.74, 6) is 0.0252. The van der Waals surface area contributed by atoms with Gasteiger partial charge in [0.05, 0.1) is 10.6 Å². The minimum absolute atomic E-state index is 0. The third-order valence-electron chi connectivity index (χ3n) is 6.68. The summed E-state index contributed by atoms with van der Waals surface area (Å²) in [6.45, 7) is 3.30. The topological polar surface area (TPSA) is 71.8 Å². The molecule has 1 aliphatic rings. The van der Waals surface area contributed by atoms with E-state index in [0.29, 0.717) is 24.0 Å². The molecule has 0 N–H and O–H groups in total. The highest BCUT2D eigenvalue weighted by molar-refractivity contribution is 7.91. The molecule has 5 rings (SSSR count). The first-order chi connectivity index (χ1) is 16.3. The van der Waals surface area contributed by atoms with E-state index in [1.165, 1.54) is 11.3 Å². The van der Waals surface area contributed by atoms with Gasteiger partial charge in [-0.1, -0.05) is 23.7 Å². The largest absolute Gasteiger partial charge is 0.343 e. The van der Waals surface area contributed by atoms with Gasteiger partial charge in [0.25, 0.3) is 0 Å². The summed E-state index contributed by atoms with van der Waals surface area (Å²) in [5, 5.41) is 2.29. The van der Waals surface area contributed by atoms with Crippen molar-refractivity contribution in [2.24, 2.45) is 0 Å². The fraction of sp³-hybridized carbons (Fsp3) is 0.308. The van der Waals surface area contributed by atoms with Crippen LogP contribution in [-0.4, -0.2) is 47.5 Å². The number of piperidine rings is 1. The number of carbonyl (C=O) groups is 1. The SMILES string of the molecule is Cc1ccn2c(C3CCN(C(=O)CCS(=O)(=O)c4ccc5cc(Cl)ccc5c4)CC3)cnc2c1.Cl. The lowest BCUT2D eigenvalue weighted by Crippen LogP contribution is -2.38. The van der Waals surface area contributed by atoms with E-state index in [0.717, 1.165) is 29.3 Å². The van der Waals surface area contributed by atoms with Crippen LogP contribution >= 0.6 is 24.0 Å². The standard InChI is InChI=1S/C26H26ClN3O3S.ClH/c1-18-6-12-30-24(17-28-25(30)14-18)19-7-10-29(11-8-19)26(31)9-13-34(32,33)23-5-3-20-15-22(27)4-2-21(20)16-23;/h2-6,12,14-17,19H,7-11,13H2,1H3;1H. The summed E-state index contributed by atoms with van der Waals surface area (Å²) in [7, 11) is -3.56. The zero-order valence-electron chi connectivity index (χ0n) is 19.4. The molecular weight excluding hydrogens is 505 g/mol. The Labute approximate surface area is 216 Å².